The second-order valence-corrected chi connectivity index (χ2v) is 5.01. The average Bonchev–Trinajstić information content (AvgIpc) is 2.54. The molecule has 0 radical (unpaired) electrons. The van der Waals surface area contributed by atoms with Crippen LogP contribution in [0.3, 0.4) is 0 Å². The molecule has 2 aromatic carbocycles. The zero-order valence-corrected chi connectivity index (χ0v) is 11.8. The van der Waals surface area contributed by atoms with Gasteiger partial charge in [0.2, 0.25) is 11.4 Å². The fraction of sp³-hybridized carbons (Fsp3) is 0. The summed E-state index contributed by atoms with van der Waals surface area (Å²) in [6.45, 7) is 0. The van der Waals surface area contributed by atoms with Crippen molar-refractivity contribution in [2.75, 3.05) is 0 Å². The van der Waals surface area contributed by atoms with Gasteiger partial charge in [0.1, 0.15) is 17.0 Å². The van der Waals surface area contributed by atoms with Gasteiger partial charge in [-0.1, -0.05) is 30.3 Å². The quantitative estimate of drug-likeness (QED) is 0.491. The Bertz CT molecular complexity index is 1130. The summed E-state index contributed by atoms with van der Waals surface area (Å²) in [6.07, 6.45) is 1.17. The number of aliphatic imine (C=N–C) groups is 1. The number of hydrogen-bond donors (Lipinski definition) is 2. The van der Waals surface area contributed by atoms with Crippen molar-refractivity contribution in [1.82, 2.24) is 0 Å². The van der Waals surface area contributed by atoms with Crippen molar-refractivity contribution < 1.29 is 9.15 Å². The Morgan fingerprint density at radius 3 is 2.87 bits per heavy atom. The fourth-order valence-electron chi connectivity index (χ4n) is 2.71. The zero-order valence-electron chi connectivity index (χ0n) is 11.8. The van der Waals surface area contributed by atoms with E-state index in [0.29, 0.717) is 22.3 Å². The number of benzene rings is 2. The summed E-state index contributed by atoms with van der Waals surface area (Å²) in [7, 11) is 0. The molecule has 0 fully saturated rings. The van der Waals surface area contributed by atoms with Gasteiger partial charge in [0, 0.05) is 0 Å². The molecule has 0 saturated heterocycles. The third-order valence-corrected chi connectivity index (χ3v) is 3.67. The molecule has 6 nitrogen and oxygen atoms in total. The van der Waals surface area contributed by atoms with Gasteiger partial charge >= 0.3 is 0 Å². The van der Waals surface area contributed by atoms with Crippen LogP contribution in [0.1, 0.15) is 5.56 Å². The van der Waals surface area contributed by atoms with Crippen LogP contribution in [0.2, 0.25) is 0 Å². The normalized spacial score (nSPS) is 15.1. The Balaban J connectivity index is 2.21. The van der Waals surface area contributed by atoms with Gasteiger partial charge in [-0.3, -0.25) is 5.41 Å². The lowest BCUT2D eigenvalue weighted by atomic mass is 10.0. The van der Waals surface area contributed by atoms with E-state index in [0.717, 1.165) is 10.8 Å². The monoisotopic (exact) mass is 302 g/mol. The highest BCUT2D eigenvalue weighted by atomic mass is 16.5. The highest BCUT2D eigenvalue weighted by Crippen LogP contribution is 2.36. The summed E-state index contributed by atoms with van der Waals surface area (Å²) < 4.78 is 11.3. The molecule has 0 bridgehead atoms. The molecule has 6 heteroatoms. The summed E-state index contributed by atoms with van der Waals surface area (Å²) in [5.74, 6) is 0.579. The Kier molecular flexibility index (Phi) is 2.68. The number of amidine groups is 1. The van der Waals surface area contributed by atoms with E-state index in [4.69, 9.17) is 25.6 Å². The van der Waals surface area contributed by atoms with E-state index in [2.05, 4.69) is 4.99 Å². The maximum atomic E-state index is 8.82. The van der Waals surface area contributed by atoms with Crippen molar-refractivity contribution in [3.63, 3.8) is 0 Å². The maximum Gasteiger partial charge on any atom is 0.231 e. The molecule has 1 aliphatic rings. The highest BCUT2D eigenvalue weighted by molar-refractivity contribution is 6.13. The smallest absolute Gasteiger partial charge is 0.231 e. The van der Waals surface area contributed by atoms with Crippen LogP contribution in [0.25, 0.3) is 21.7 Å². The standard InChI is InChI=1S/C17H10N4O2/c18-8-7-12-21-16(19)14-15(23-12)13-10-4-2-1-3-9(10)5-6-11(13)22-17(14)20/h1-7,20H,(H2,19,21)/b12-7+,20-17?. The lowest BCUT2D eigenvalue weighted by molar-refractivity contribution is 0.409. The maximum absolute atomic E-state index is 8.82. The Morgan fingerprint density at radius 1 is 1.22 bits per heavy atom. The van der Waals surface area contributed by atoms with Gasteiger partial charge in [-0.15, -0.1) is 0 Å². The molecular weight excluding hydrogens is 292 g/mol. The summed E-state index contributed by atoms with van der Waals surface area (Å²) in [5.41, 5.74) is 6.63. The first-order valence-electron chi connectivity index (χ1n) is 6.84. The minimum Gasteiger partial charge on any atom is -0.438 e. The Morgan fingerprint density at radius 2 is 2.04 bits per heavy atom. The first kappa shape index (κ1) is 13.1. The minimum absolute atomic E-state index is 0.0938. The molecule has 3 aromatic rings. The van der Waals surface area contributed by atoms with Crippen molar-refractivity contribution >= 4 is 27.6 Å². The number of allylic oxidation sites excluding steroid dienone is 1. The molecule has 1 aliphatic heterocycles. The molecule has 23 heavy (non-hydrogen) atoms. The number of nitrogens with zero attached hydrogens (tertiary/aromatic N) is 2. The number of nitrogens with one attached hydrogen (secondary N) is 1. The second kappa shape index (κ2) is 4.71. The van der Waals surface area contributed by atoms with Gasteiger partial charge in [0.15, 0.2) is 5.75 Å². The molecule has 3 N–H and O–H groups in total. The molecule has 1 aromatic heterocycles. The summed E-state index contributed by atoms with van der Waals surface area (Å²) in [4.78, 5) is 3.99. The van der Waals surface area contributed by atoms with Gasteiger partial charge in [-0.05, 0) is 16.8 Å². The molecule has 0 atom stereocenters. The zero-order chi connectivity index (χ0) is 16.0. The van der Waals surface area contributed by atoms with Crippen LogP contribution >= 0.6 is 0 Å². The molecule has 0 spiro atoms. The first-order chi connectivity index (χ1) is 11.2. The van der Waals surface area contributed by atoms with Crippen LogP contribution in [0.5, 0.6) is 5.75 Å². The molecule has 0 amide bonds. The summed E-state index contributed by atoms with van der Waals surface area (Å²) >= 11 is 0. The predicted molar refractivity (Wildman–Crippen MR) is 84.6 cm³/mol. The Hall–Kier alpha value is -3.59. The number of nitrogens with two attached hydrogens (primary N) is 1. The van der Waals surface area contributed by atoms with Crippen molar-refractivity contribution in [3.8, 4) is 11.8 Å². The summed E-state index contributed by atoms with van der Waals surface area (Å²) in [5, 5.41) is 19.5. The molecule has 0 aliphatic carbocycles. The molecule has 0 saturated carbocycles. The van der Waals surface area contributed by atoms with E-state index < -0.39 is 0 Å². The van der Waals surface area contributed by atoms with Crippen LogP contribution in [0, 0.1) is 16.7 Å². The van der Waals surface area contributed by atoms with E-state index in [1.54, 1.807) is 6.07 Å². The lowest BCUT2D eigenvalue weighted by Crippen LogP contribution is -2.27. The van der Waals surface area contributed by atoms with Crippen LogP contribution in [-0.4, -0.2) is 5.84 Å². The van der Waals surface area contributed by atoms with Gasteiger partial charge in [-0.25, -0.2) is 0 Å². The van der Waals surface area contributed by atoms with E-state index in [1.165, 1.54) is 6.08 Å². The first-order valence-corrected chi connectivity index (χ1v) is 6.84. The predicted octanol–water partition coefficient (Wildman–Crippen LogP) is 2.53. The Labute approximate surface area is 130 Å². The van der Waals surface area contributed by atoms with Crippen LogP contribution < -0.4 is 16.0 Å². The minimum atomic E-state index is -0.125. The SMILES string of the molecule is N#C/C=C1\N=C(N)c2c(c3c(ccc4ccccc43)oc2=N)O1. The number of ether oxygens (including phenoxy) is 1. The highest BCUT2D eigenvalue weighted by Gasteiger charge is 2.24. The van der Waals surface area contributed by atoms with Gasteiger partial charge in [0.25, 0.3) is 0 Å². The summed E-state index contributed by atoms with van der Waals surface area (Å²) in [6, 6.07) is 13.3. The molecule has 110 valence electrons. The molecule has 4 rings (SSSR count). The second-order valence-electron chi connectivity index (χ2n) is 5.01. The van der Waals surface area contributed by atoms with Crippen LogP contribution in [0.15, 0.2) is 57.8 Å². The average molecular weight is 302 g/mol. The third-order valence-electron chi connectivity index (χ3n) is 3.67. The van der Waals surface area contributed by atoms with Gasteiger partial charge in [-0.2, -0.15) is 10.3 Å². The lowest BCUT2D eigenvalue weighted by Gasteiger charge is -2.18. The number of rotatable bonds is 0. The van der Waals surface area contributed by atoms with E-state index >= 15 is 0 Å². The molecule has 0 unspecified atom stereocenters. The van der Waals surface area contributed by atoms with Crippen molar-refractivity contribution in [2.45, 2.75) is 0 Å². The van der Waals surface area contributed by atoms with E-state index in [1.807, 2.05) is 36.4 Å². The van der Waals surface area contributed by atoms with Crippen LogP contribution in [-0.2, 0) is 0 Å². The van der Waals surface area contributed by atoms with Gasteiger partial charge < -0.3 is 14.9 Å². The van der Waals surface area contributed by atoms with E-state index in [9.17, 15) is 0 Å². The largest absolute Gasteiger partial charge is 0.438 e. The number of fused-ring (bicyclic) bond motifs is 5. The number of hydrogen-bond acceptors (Lipinski definition) is 6. The number of nitriles is 1. The van der Waals surface area contributed by atoms with Crippen molar-refractivity contribution in [1.29, 1.82) is 10.7 Å². The third kappa shape index (κ3) is 1.88. The van der Waals surface area contributed by atoms with Crippen molar-refractivity contribution in [2.24, 2.45) is 10.7 Å². The van der Waals surface area contributed by atoms with Gasteiger partial charge in [0.05, 0.1) is 17.5 Å². The van der Waals surface area contributed by atoms with E-state index in [-0.39, 0.29) is 17.3 Å². The van der Waals surface area contributed by atoms with Crippen LogP contribution in [0.4, 0.5) is 0 Å². The topological polar surface area (TPSA) is 108 Å². The molecule has 2 heterocycles. The molecular formula is C17H10N4O2. The van der Waals surface area contributed by atoms with Crippen molar-refractivity contribution in [3.05, 3.63) is 59.5 Å². The fourth-order valence-corrected chi connectivity index (χ4v) is 2.71.